The van der Waals surface area contributed by atoms with Crippen LogP contribution in [0.25, 0.3) is 0 Å². The van der Waals surface area contributed by atoms with E-state index < -0.39 is 0 Å². The van der Waals surface area contributed by atoms with E-state index in [4.69, 9.17) is 23.2 Å². The van der Waals surface area contributed by atoms with Crippen molar-refractivity contribution >= 4 is 35.0 Å². The summed E-state index contributed by atoms with van der Waals surface area (Å²) in [4.78, 5) is 4.08. The van der Waals surface area contributed by atoms with Gasteiger partial charge in [0, 0.05) is 34.2 Å². The average molecular weight is 357 g/mol. The van der Waals surface area contributed by atoms with Crippen LogP contribution in [0.3, 0.4) is 0 Å². The van der Waals surface area contributed by atoms with Gasteiger partial charge in [0.2, 0.25) is 0 Å². The largest absolute Gasteiger partial charge is 0.337 e. The first kappa shape index (κ1) is 17.7. The molecule has 1 aromatic carbocycles. The van der Waals surface area contributed by atoms with Crippen LogP contribution < -0.4 is 0 Å². The van der Waals surface area contributed by atoms with Gasteiger partial charge in [-0.15, -0.1) is 0 Å². The van der Waals surface area contributed by atoms with Gasteiger partial charge < -0.3 is 4.57 Å². The second kappa shape index (κ2) is 9.49. The second-order valence-corrected chi connectivity index (χ2v) is 7.48. The highest BCUT2D eigenvalue weighted by molar-refractivity contribution is 7.99. The molecule has 2 aromatic rings. The number of imidazole rings is 1. The Morgan fingerprint density at radius 3 is 2.82 bits per heavy atom. The Kier molecular flexibility index (Phi) is 7.64. The van der Waals surface area contributed by atoms with E-state index in [1.54, 1.807) is 0 Å². The van der Waals surface area contributed by atoms with E-state index in [9.17, 15) is 0 Å². The van der Waals surface area contributed by atoms with E-state index in [0.717, 1.165) is 24.4 Å². The fourth-order valence-corrected chi connectivity index (χ4v) is 4.40. The third-order valence-corrected chi connectivity index (χ3v) is 5.55. The molecule has 1 heterocycles. The molecule has 0 radical (unpaired) electrons. The lowest BCUT2D eigenvalue weighted by Gasteiger charge is -2.19. The smallest absolute Gasteiger partial charge is 0.0945 e. The molecule has 0 aliphatic heterocycles. The highest BCUT2D eigenvalue weighted by atomic mass is 35.5. The zero-order valence-corrected chi connectivity index (χ0v) is 15.2. The lowest BCUT2D eigenvalue weighted by Crippen LogP contribution is -2.01. The summed E-state index contributed by atoms with van der Waals surface area (Å²) in [5.41, 5.74) is 1.21. The van der Waals surface area contributed by atoms with E-state index in [1.165, 1.54) is 24.2 Å². The number of thioether (sulfide) groups is 1. The van der Waals surface area contributed by atoms with E-state index in [2.05, 4.69) is 22.5 Å². The third kappa shape index (κ3) is 5.53. The summed E-state index contributed by atoms with van der Waals surface area (Å²) < 4.78 is 2.12. The first-order valence-electron chi connectivity index (χ1n) is 7.73. The number of benzene rings is 1. The number of hydrogen-bond donors (Lipinski definition) is 0. The SMILES string of the molecule is CCCCSC(CCCn1ccnc1)c1ccc(Cl)cc1Cl. The molecule has 5 heteroatoms. The van der Waals surface area contributed by atoms with Crippen LogP contribution in [-0.2, 0) is 6.54 Å². The minimum atomic E-state index is 0.430. The maximum absolute atomic E-state index is 6.40. The summed E-state index contributed by atoms with van der Waals surface area (Å²) in [5.74, 6) is 1.17. The maximum Gasteiger partial charge on any atom is 0.0945 e. The number of aryl methyl sites for hydroxylation is 1. The number of nitrogens with zero attached hydrogens (tertiary/aromatic N) is 2. The molecule has 2 rings (SSSR count). The summed E-state index contributed by atoms with van der Waals surface area (Å²) in [6.45, 7) is 3.22. The zero-order chi connectivity index (χ0) is 15.8. The van der Waals surface area contributed by atoms with E-state index in [-0.39, 0.29) is 0 Å². The standard InChI is InChI=1S/C17H22Cl2N2S/c1-2-3-11-22-17(5-4-9-21-10-8-20-13-21)15-7-6-14(18)12-16(15)19/h6-8,10,12-13,17H,2-5,9,11H2,1H3. The van der Waals surface area contributed by atoms with Gasteiger partial charge in [-0.25, -0.2) is 4.98 Å². The number of hydrogen-bond acceptors (Lipinski definition) is 2. The predicted octanol–water partition coefficient (Wildman–Crippen LogP) is 6.24. The van der Waals surface area contributed by atoms with E-state index >= 15 is 0 Å². The summed E-state index contributed by atoms with van der Waals surface area (Å²) in [5, 5.41) is 1.91. The Hall–Kier alpha value is -0.640. The molecular formula is C17H22Cl2N2S. The highest BCUT2D eigenvalue weighted by Crippen LogP contribution is 2.38. The molecule has 0 spiro atoms. The highest BCUT2D eigenvalue weighted by Gasteiger charge is 2.15. The molecule has 1 unspecified atom stereocenters. The van der Waals surface area contributed by atoms with Crippen LogP contribution in [0, 0.1) is 0 Å². The van der Waals surface area contributed by atoms with Gasteiger partial charge in [-0.3, -0.25) is 0 Å². The summed E-state index contributed by atoms with van der Waals surface area (Å²) in [6, 6.07) is 5.86. The van der Waals surface area contributed by atoms with Gasteiger partial charge in [-0.05, 0) is 42.7 Å². The Morgan fingerprint density at radius 2 is 2.14 bits per heavy atom. The van der Waals surface area contributed by atoms with Crippen LogP contribution in [0.15, 0.2) is 36.9 Å². The molecule has 120 valence electrons. The second-order valence-electron chi connectivity index (χ2n) is 5.32. The van der Waals surface area contributed by atoms with Crippen molar-refractivity contribution in [2.24, 2.45) is 0 Å². The van der Waals surface area contributed by atoms with Gasteiger partial charge in [0.05, 0.1) is 6.33 Å². The normalized spacial score (nSPS) is 12.5. The molecule has 22 heavy (non-hydrogen) atoms. The molecule has 0 amide bonds. The number of rotatable bonds is 9. The minimum Gasteiger partial charge on any atom is -0.337 e. The molecule has 0 aliphatic rings. The van der Waals surface area contributed by atoms with Crippen molar-refractivity contribution in [2.75, 3.05) is 5.75 Å². The molecule has 0 aliphatic carbocycles. The number of unbranched alkanes of at least 4 members (excludes halogenated alkanes) is 1. The lowest BCUT2D eigenvalue weighted by molar-refractivity contribution is 0.604. The van der Waals surface area contributed by atoms with Crippen LogP contribution in [0.2, 0.25) is 10.0 Å². The monoisotopic (exact) mass is 356 g/mol. The van der Waals surface area contributed by atoms with Gasteiger partial charge in [0.15, 0.2) is 0 Å². The fraction of sp³-hybridized carbons (Fsp3) is 0.471. The van der Waals surface area contributed by atoms with Crippen LogP contribution in [0.5, 0.6) is 0 Å². The van der Waals surface area contributed by atoms with Gasteiger partial charge in [-0.2, -0.15) is 11.8 Å². The maximum atomic E-state index is 6.40. The molecule has 0 N–H and O–H groups in total. The first-order valence-corrected chi connectivity index (χ1v) is 9.53. The molecule has 1 atom stereocenters. The molecule has 0 bridgehead atoms. The quantitative estimate of drug-likeness (QED) is 0.494. The summed E-state index contributed by atoms with van der Waals surface area (Å²) >= 11 is 14.4. The third-order valence-electron chi connectivity index (χ3n) is 3.57. The predicted molar refractivity (Wildman–Crippen MR) is 98.0 cm³/mol. The van der Waals surface area contributed by atoms with Crippen molar-refractivity contribution in [1.82, 2.24) is 9.55 Å². The zero-order valence-electron chi connectivity index (χ0n) is 12.8. The van der Waals surface area contributed by atoms with Gasteiger partial charge in [0.1, 0.15) is 0 Å². The molecule has 0 fully saturated rings. The van der Waals surface area contributed by atoms with Crippen molar-refractivity contribution in [1.29, 1.82) is 0 Å². The van der Waals surface area contributed by atoms with Crippen molar-refractivity contribution in [3.8, 4) is 0 Å². The van der Waals surface area contributed by atoms with E-state index in [0.29, 0.717) is 10.3 Å². The molecule has 1 aromatic heterocycles. The van der Waals surface area contributed by atoms with Gasteiger partial charge in [-0.1, -0.05) is 42.6 Å². The molecule has 0 saturated heterocycles. The van der Waals surface area contributed by atoms with Gasteiger partial charge in [0.25, 0.3) is 0 Å². The van der Waals surface area contributed by atoms with Crippen LogP contribution in [0.4, 0.5) is 0 Å². The van der Waals surface area contributed by atoms with Crippen molar-refractivity contribution < 1.29 is 0 Å². The Labute approximate surface area is 147 Å². The first-order chi connectivity index (χ1) is 10.7. The Balaban J connectivity index is 1.98. The van der Waals surface area contributed by atoms with Crippen molar-refractivity contribution in [2.45, 2.75) is 44.4 Å². The summed E-state index contributed by atoms with van der Waals surface area (Å²) in [6.07, 6.45) is 10.4. The van der Waals surface area contributed by atoms with Crippen LogP contribution in [0.1, 0.15) is 43.4 Å². The van der Waals surface area contributed by atoms with Crippen molar-refractivity contribution in [3.63, 3.8) is 0 Å². The van der Waals surface area contributed by atoms with E-state index in [1.807, 2.05) is 42.6 Å². The van der Waals surface area contributed by atoms with Crippen LogP contribution >= 0.6 is 35.0 Å². The minimum absolute atomic E-state index is 0.430. The van der Waals surface area contributed by atoms with Crippen molar-refractivity contribution in [3.05, 3.63) is 52.5 Å². The van der Waals surface area contributed by atoms with Crippen LogP contribution in [-0.4, -0.2) is 15.3 Å². The topological polar surface area (TPSA) is 17.8 Å². The molecular weight excluding hydrogens is 335 g/mol. The number of aromatic nitrogens is 2. The lowest BCUT2D eigenvalue weighted by atomic mass is 10.1. The molecule has 2 nitrogen and oxygen atoms in total. The Morgan fingerprint density at radius 1 is 1.27 bits per heavy atom. The average Bonchev–Trinajstić information content (AvgIpc) is 2.99. The van der Waals surface area contributed by atoms with Gasteiger partial charge >= 0.3 is 0 Å². The molecule has 0 saturated carbocycles. The Bertz CT molecular complexity index is 558. The summed E-state index contributed by atoms with van der Waals surface area (Å²) in [7, 11) is 0. The number of halogens is 2. The fourth-order valence-electron chi connectivity index (χ4n) is 2.34.